The predicted molar refractivity (Wildman–Crippen MR) is 97.4 cm³/mol. The van der Waals surface area contributed by atoms with E-state index in [1.54, 1.807) is 6.20 Å². The molecule has 2 aliphatic heterocycles. The first-order chi connectivity index (χ1) is 12.4. The second kappa shape index (κ2) is 6.78. The number of carbonyl (C=O) groups excluding carboxylic acids is 1. The Bertz CT molecular complexity index is 863. The number of carbonyl (C=O) groups is 1. The SMILES string of the molecule is Cc1cc([C@H]2[C@H]3O[C@H](C[C@@H]3O)[C@@H]2C(=O)Nc2cc(Cl)c(Cl)cn2)ccn1. The highest BCUT2D eigenvalue weighted by Crippen LogP contribution is 2.49. The Hall–Kier alpha value is -1.73. The molecular weight excluding hydrogens is 377 g/mol. The number of fused-ring (bicyclic) bond motifs is 2. The van der Waals surface area contributed by atoms with Crippen molar-refractivity contribution in [3.63, 3.8) is 0 Å². The monoisotopic (exact) mass is 393 g/mol. The molecule has 0 unspecified atom stereocenters. The van der Waals surface area contributed by atoms with Gasteiger partial charge in [-0.1, -0.05) is 23.2 Å². The smallest absolute Gasteiger partial charge is 0.231 e. The largest absolute Gasteiger partial charge is 0.390 e. The van der Waals surface area contributed by atoms with Crippen LogP contribution in [0.1, 0.15) is 23.6 Å². The molecule has 4 heterocycles. The number of nitrogens with zero attached hydrogens (tertiary/aromatic N) is 2. The van der Waals surface area contributed by atoms with E-state index < -0.39 is 18.1 Å². The maximum atomic E-state index is 13.0. The van der Waals surface area contributed by atoms with Crippen LogP contribution in [0.2, 0.25) is 10.0 Å². The number of rotatable bonds is 3. The van der Waals surface area contributed by atoms with Crippen molar-refractivity contribution in [2.45, 2.75) is 37.6 Å². The zero-order valence-corrected chi connectivity index (χ0v) is 15.4. The van der Waals surface area contributed by atoms with Crippen molar-refractivity contribution in [1.29, 1.82) is 0 Å². The Labute approximate surface area is 160 Å². The van der Waals surface area contributed by atoms with Gasteiger partial charge in [0, 0.05) is 36.5 Å². The average molecular weight is 394 g/mol. The molecule has 0 aliphatic carbocycles. The summed E-state index contributed by atoms with van der Waals surface area (Å²) in [5.74, 6) is -0.554. The summed E-state index contributed by atoms with van der Waals surface area (Å²) in [5, 5.41) is 13.7. The molecule has 4 rings (SSSR count). The van der Waals surface area contributed by atoms with Gasteiger partial charge >= 0.3 is 0 Å². The molecule has 1 amide bonds. The number of hydrogen-bond donors (Lipinski definition) is 2. The van der Waals surface area contributed by atoms with Crippen LogP contribution in [0.5, 0.6) is 0 Å². The first-order valence-electron chi connectivity index (χ1n) is 8.32. The number of ether oxygens (including phenoxy) is 1. The summed E-state index contributed by atoms with van der Waals surface area (Å²) in [4.78, 5) is 21.3. The minimum absolute atomic E-state index is 0.213. The number of halogens is 2. The molecule has 26 heavy (non-hydrogen) atoms. The Kier molecular flexibility index (Phi) is 4.61. The number of anilines is 1. The predicted octanol–water partition coefficient (Wildman–Crippen LogP) is 2.96. The summed E-state index contributed by atoms with van der Waals surface area (Å²) in [7, 11) is 0. The lowest BCUT2D eigenvalue weighted by Crippen LogP contribution is -2.41. The lowest BCUT2D eigenvalue weighted by Gasteiger charge is -2.30. The van der Waals surface area contributed by atoms with Crippen molar-refractivity contribution in [3.8, 4) is 0 Å². The molecule has 8 heteroatoms. The Morgan fingerprint density at radius 1 is 1.31 bits per heavy atom. The maximum absolute atomic E-state index is 13.0. The van der Waals surface area contributed by atoms with Crippen LogP contribution in [0.3, 0.4) is 0 Å². The van der Waals surface area contributed by atoms with Gasteiger partial charge in [-0.3, -0.25) is 9.78 Å². The van der Waals surface area contributed by atoms with Crippen LogP contribution in [0, 0.1) is 12.8 Å². The third-order valence-corrected chi connectivity index (χ3v) is 5.71. The molecule has 0 radical (unpaired) electrons. The zero-order chi connectivity index (χ0) is 18.4. The summed E-state index contributed by atoms with van der Waals surface area (Å²) in [6.45, 7) is 1.89. The number of nitrogens with one attached hydrogen (secondary N) is 1. The van der Waals surface area contributed by atoms with E-state index in [1.807, 2.05) is 19.1 Å². The molecule has 2 bridgehead atoms. The first kappa shape index (κ1) is 17.7. The minimum atomic E-state index is -0.578. The molecule has 136 valence electrons. The molecule has 2 fully saturated rings. The number of hydrogen-bond acceptors (Lipinski definition) is 5. The lowest BCUT2D eigenvalue weighted by molar-refractivity contribution is -0.122. The molecule has 2 aromatic heterocycles. The van der Waals surface area contributed by atoms with Gasteiger partial charge in [0.05, 0.1) is 34.3 Å². The molecule has 2 saturated heterocycles. The molecule has 0 saturated carbocycles. The van der Waals surface area contributed by atoms with Crippen molar-refractivity contribution in [2.24, 2.45) is 5.92 Å². The van der Waals surface area contributed by atoms with Gasteiger partial charge in [-0.15, -0.1) is 0 Å². The minimum Gasteiger partial charge on any atom is -0.390 e. The number of amides is 1. The van der Waals surface area contributed by atoms with E-state index >= 15 is 0 Å². The van der Waals surface area contributed by atoms with Crippen LogP contribution < -0.4 is 5.32 Å². The van der Waals surface area contributed by atoms with Crippen molar-refractivity contribution in [2.75, 3.05) is 5.32 Å². The van der Waals surface area contributed by atoms with Crippen LogP contribution in [-0.4, -0.2) is 39.3 Å². The van der Waals surface area contributed by atoms with Crippen LogP contribution in [-0.2, 0) is 9.53 Å². The Balaban J connectivity index is 1.62. The van der Waals surface area contributed by atoms with Gasteiger partial charge in [-0.2, -0.15) is 0 Å². The fourth-order valence-corrected chi connectivity index (χ4v) is 4.16. The van der Waals surface area contributed by atoms with E-state index in [4.69, 9.17) is 27.9 Å². The number of aliphatic hydroxyl groups excluding tert-OH is 1. The summed E-state index contributed by atoms with van der Waals surface area (Å²) in [6.07, 6.45) is 2.22. The van der Waals surface area contributed by atoms with Crippen LogP contribution in [0.15, 0.2) is 30.6 Å². The Morgan fingerprint density at radius 2 is 2.12 bits per heavy atom. The van der Waals surface area contributed by atoms with E-state index in [1.165, 1.54) is 12.3 Å². The van der Waals surface area contributed by atoms with Crippen molar-refractivity contribution in [3.05, 3.63) is 51.9 Å². The van der Waals surface area contributed by atoms with Crippen LogP contribution in [0.4, 0.5) is 5.82 Å². The lowest BCUT2D eigenvalue weighted by atomic mass is 9.74. The van der Waals surface area contributed by atoms with Gasteiger partial charge in [0.2, 0.25) is 5.91 Å². The number of aliphatic hydroxyl groups is 1. The van der Waals surface area contributed by atoms with E-state index in [0.29, 0.717) is 22.3 Å². The Morgan fingerprint density at radius 3 is 2.85 bits per heavy atom. The number of pyridine rings is 2. The standard InChI is InChI=1S/C18H17Cl2N3O3/c1-8-4-9(2-3-21-8)15-16(13-6-12(24)17(15)26-13)18(25)23-14-5-10(19)11(20)7-22-14/h2-5,7,12-13,15-17,24H,6H2,1H3,(H,22,23,25)/t12-,13+,15+,16-,17-/m0/s1. The van der Waals surface area contributed by atoms with Gasteiger partial charge < -0.3 is 15.2 Å². The molecular formula is C18H17Cl2N3O3. The fourth-order valence-electron chi connectivity index (χ4n) is 3.91. The van der Waals surface area contributed by atoms with Gasteiger partial charge in [0.25, 0.3) is 0 Å². The molecule has 0 spiro atoms. The molecule has 2 aliphatic rings. The van der Waals surface area contributed by atoms with Crippen molar-refractivity contribution < 1.29 is 14.6 Å². The first-order valence-corrected chi connectivity index (χ1v) is 9.07. The highest BCUT2D eigenvalue weighted by Gasteiger charge is 2.57. The van der Waals surface area contributed by atoms with Crippen molar-refractivity contribution in [1.82, 2.24) is 9.97 Å². The molecule has 0 aromatic carbocycles. The number of aromatic nitrogens is 2. The van der Waals surface area contributed by atoms with E-state index in [2.05, 4.69) is 15.3 Å². The van der Waals surface area contributed by atoms with Crippen LogP contribution in [0.25, 0.3) is 0 Å². The summed E-state index contributed by atoms with van der Waals surface area (Å²) in [5.41, 5.74) is 1.79. The van der Waals surface area contributed by atoms with E-state index in [0.717, 1.165) is 11.3 Å². The second-order valence-electron chi connectivity index (χ2n) is 6.70. The molecule has 2 N–H and O–H groups in total. The third kappa shape index (κ3) is 3.07. The van der Waals surface area contributed by atoms with Crippen molar-refractivity contribution >= 4 is 34.9 Å². The van der Waals surface area contributed by atoms with E-state index in [-0.39, 0.29) is 17.9 Å². The quantitative estimate of drug-likeness (QED) is 0.836. The van der Waals surface area contributed by atoms with Gasteiger partial charge in [0.15, 0.2) is 0 Å². The average Bonchev–Trinajstić information content (AvgIpc) is 3.15. The third-order valence-electron chi connectivity index (χ3n) is 4.99. The molecule has 5 atom stereocenters. The van der Waals surface area contributed by atoms with E-state index in [9.17, 15) is 9.90 Å². The number of aryl methyl sites for hydroxylation is 1. The van der Waals surface area contributed by atoms with Gasteiger partial charge in [-0.05, 0) is 24.6 Å². The van der Waals surface area contributed by atoms with Crippen LogP contribution >= 0.6 is 23.2 Å². The molecule has 6 nitrogen and oxygen atoms in total. The summed E-state index contributed by atoms with van der Waals surface area (Å²) < 4.78 is 5.91. The summed E-state index contributed by atoms with van der Waals surface area (Å²) in [6, 6.07) is 5.31. The highest BCUT2D eigenvalue weighted by atomic mass is 35.5. The fraction of sp³-hybridized carbons (Fsp3) is 0.389. The molecule has 2 aromatic rings. The maximum Gasteiger partial charge on any atom is 0.231 e. The van der Waals surface area contributed by atoms with Gasteiger partial charge in [0.1, 0.15) is 5.82 Å². The second-order valence-corrected chi connectivity index (χ2v) is 7.51. The normalized spacial score (nSPS) is 29.8. The highest BCUT2D eigenvalue weighted by molar-refractivity contribution is 6.42. The summed E-state index contributed by atoms with van der Waals surface area (Å²) >= 11 is 11.9. The zero-order valence-electron chi connectivity index (χ0n) is 13.9. The topological polar surface area (TPSA) is 84.3 Å². The van der Waals surface area contributed by atoms with Gasteiger partial charge in [-0.25, -0.2) is 4.98 Å².